The highest BCUT2D eigenvalue weighted by Gasteiger charge is 2.14. The minimum Gasteiger partial charge on any atom is -0.461 e. The molecule has 112 valence electrons. The van der Waals surface area contributed by atoms with Gasteiger partial charge in [-0.1, -0.05) is 13.3 Å². The maximum absolute atomic E-state index is 12.2. The smallest absolute Gasteiger partial charge is 0.356 e. The van der Waals surface area contributed by atoms with Crippen molar-refractivity contribution in [2.75, 3.05) is 6.61 Å². The number of ether oxygens (including phenoxy) is 1. The molecule has 0 aliphatic heterocycles. The molecule has 0 saturated carbocycles. The molecule has 0 N–H and O–H groups in total. The van der Waals surface area contributed by atoms with Crippen LogP contribution in [0.4, 0.5) is 8.78 Å². The van der Waals surface area contributed by atoms with Crippen LogP contribution in [-0.2, 0) is 18.2 Å². The number of hydrogen-bond donors (Lipinski definition) is 0. The molecule has 1 aromatic heterocycles. The van der Waals surface area contributed by atoms with Gasteiger partial charge in [0, 0.05) is 13.5 Å². The number of carbonyl (C=O) groups excluding carboxylic acids is 1. The molecule has 20 heavy (non-hydrogen) atoms. The quantitative estimate of drug-likeness (QED) is 0.721. The van der Waals surface area contributed by atoms with E-state index < -0.39 is 12.0 Å². The molecule has 1 aromatic rings. The number of hydrogen-bond acceptors (Lipinski definition) is 3. The van der Waals surface area contributed by atoms with Crippen molar-refractivity contribution >= 4 is 5.97 Å². The van der Waals surface area contributed by atoms with Crippen LogP contribution in [0, 0.1) is 0 Å². The van der Waals surface area contributed by atoms with Gasteiger partial charge in [-0.25, -0.2) is 4.79 Å². The van der Waals surface area contributed by atoms with E-state index in [9.17, 15) is 13.6 Å². The van der Waals surface area contributed by atoms with E-state index in [4.69, 9.17) is 4.74 Å². The zero-order valence-corrected chi connectivity index (χ0v) is 12.1. The molecule has 4 nitrogen and oxygen atoms in total. The number of halogens is 2. The Kier molecular flexibility index (Phi) is 6.35. The third-order valence-electron chi connectivity index (χ3n) is 2.96. The van der Waals surface area contributed by atoms with Crippen LogP contribution in [-0.4, -0.2) is 22.4 Å². The molecule has 0 aliphatic carbocycles. The molecule has 0 unspecified atom stereocenters. The molecule has 0 amide bonds. The van der Waals surface area contributed by atoms with Gasteiger partial charge >= 0.3 is 5.97 Å². The lowest BCUT2D eigenvalue weighted by Crippen LogP contribution is -2.11. The highest BCUT2D eigenvalue weighted by Crippen LogP contribution is 2.12. The Morgan fingerprint density at radius 2 is 2.15 bits per heavy atom. The zero-order valence-electron chi connectivity index (χ0n) is 12.1. The summed E-state index contributed by atoms with van der Waals surface area (Å²) in [6.07, 6.45) is 1.19. The molecule has 0 saturated heterocycles. The van der Waals surface area contributed by atoms with Crippen molar-refractivity contribution < 1.29 is 18.3 Å². The first-order valence-electron chi connectivity index (χ1n) is 6.66. The fourth-order valence-corrected chi connectivity index (χ4v) is 1.66. The number of aromatic nitrogens is 2. The summed E-state index contributed by atoms with van der Waals surface area (Å²) in [4.78, 5) is 11.8. The summed E-state index contributed by atoms with van der Waals surface area (Å²) in [6.45, 7) is 3.34. The lowest BCUT2D eigenvalue weighted by molar-refractivity contribution is 0.0495. The molecule has 0 aliphatic rings. The Bertz CT molecular complexity index is 491. The van der Waals surface area contributed by atoms with Gasteiger partial charge in [0.2, 0.25) is 0 Å². The summed E-state index contributed by atoms with van der Waals surface area (Å²) < 4.78 is 30.8. The molecular weight excluding hydrogens is 266 g/mol. The summed E-state index contributed by atoms with van der Waals surface area (Å²) >= 11 is 0. The summed E-state index contributed by atoms with van der Waals surface area (Å²) in [5, 5.41) is 4.23. The van der Waals surface area contributed by atoms with Crippen LogP contribution < -0.4 is 0 Å². The number of nitrogens with zero attached hydrogens (tertiary/aromatic N) is 2. The molecule has 0 atom stereocenters. The third-order valence-corrected chi connectivity index (χ3v) is 2.96. The van der Waals surface area contributed by atoms with Crippen molar-refractivity contribution in [2.24, 2.45) is 7.05 Å². The van der Waals surface area contributed by atoms with Crippen molar-refractivity contribution in [1.82, 2.24) is 9.78 Å². The Hall–Kier alpha value is -1.72. The van der Waals surface area contributed by atoms with Crippen molar-refractivity contribution in [3.05, 3.63) is 29.1 Å². The van der Waals surface area contributed by atoms with Gasteiger partial charge in [-0.2, -0.15) is 13.9 Å². The van der Waals surface area contributed by atoms with Crippen LogP contribution in [0.3, 0.4) is 0 Å². The molecule has 0 fully saturated rings. The van der Waals surface area contributed by atoms with Gasteiger partial charge in [-0.05, 0) is 31.4 Å². The van der Waals surface area contributed by atoms with E-state index in [0.29, 0.717) is 5.69 Å². The Morgan fingerprint density at radius 1 is 1.45 bits per heavy atom. The Labute approximate surface area is 117 Å². The average molecular weight is 286 g/mol. The summed E-state index contributed by atoms with van der Waals surface area (Å²) in [6, 6.07) is 1.69. The zero-order chi connectivity index (χ0) is 15.1. The molecule has 0 aromatic carbocycles. The van der Waals surface area contributed by atoms with Crippen molar-refractivity contribution in [1.29, 1.82) is 0 Å². The first-order valence-corrected chi connectivity index (χ1v) is 6.66. The fourth-order valence-electron chi connectivity index (χ4n) is 1.66. The van der Waals surface area contributed by atoms with Gasteiger partial charge in [0.25, 0.3) is 6.08 Å². The number of aryl methyl sites for hydroxylation is 2. The van der Waals surface area contributed by atoms with Gasteiger partial charge in [-0.15, -0.1) is 0 Å². The van der Waals surface area contributed by atoms with Crippen molar-refractivity contribution in [3.63, 3.8) is 0 Å². The normalized spacial score (nSPS) is 10.4. The van der Waals surface area contributed by atoms with E-state index in [1.54, 1.807) is 13.1 Å². The third kappa shape index (κ3) is 4.75. The highest BCUT2D eigenvalue weighted by atomic mass is 19.3. The van der Waals surface area contributed by atoms with Crippen LogP contribution in [0.5, 0.6) is 0 Å². The summed E-state index contributed by atoms with van der Waals surface area (Å²) in [5.74, 6) is -0.533. The first-order chi connectivity index (χ1) is 9.45. The van der Waals surface area contributed by atoms with Gasteiger partial charge in [0.1, 0.15) is 5.69 Å². The van der Waals surface area contributed by atoms with E-state index in [2.05, 4.69) is 12.0 Å². The van der Waals surface area contributed by atoms with E-state index in [0.717, 1.165) is 25.0 Å². The summed E-state index contributed by atoms with van der Waals surface area (Å²) in [5.41, 5.74) is 1.12. The van der Waals surface area contributed by atoms with Crippen molar-refractivity contribution in [3.8, 4) is 0 Å². The number of esters is 1. The average Bonchev–Trinajstić information content (AvgIpc) is 2.77. The number of rotatable bonds is 7. The second kappa shape index (κ2) is 7.77. The minimum absolute atomic E-state index is 0.0363. The van der Waals surface area contributed by atoms with Crippen LogP contribution in [0.15, 0.2) is 17.7 Å². The highest BCUT2D eigenvalue weighted by molar-refractivity contribution is 5.87. The minimum atomic E-state index is -1.72. The van der Waals surface area contributed by atoms with Crippen molar-refractivity contribution in [2.45, 2.75) is 39.5 Å². The van der Waals surface area contributed by atoms with Gasteiger partial charge in [0.05, 0.1) is 12.3 Å². The fraction of sp³-hybridized carbons (Fsp3) is 0.571. The van der Waals surface area contributed by atoms with Gasteiger partial charge in [-0.3, -0.25) is 4.68 Å². The summed E-state index contributed by atoms with van der Waals surface area (Å²) in [7, 11) is 1.67. The van der Waals surface area contributed by atoms with E-state index in [1.807, 2.05) is 0 Å². The van der Waals surface area contributed by atoms with E-state index in [1.165, 1.54) is 11.6 Å². The maximum Gasteiger partial charge on any atom is 0.356 e. The largest absolute Gasteiger partial charge is 0.461 e. The number of carbonyl (C=O) groups is 1. The van der Waals surface area contributed by atoms with Crippen LogP contribution in [0.2, 0.25) is 0 Å². The van der Waals surface area contributed by atoms with Gasteiger partial charge in [0.15, 0.2) is 0 Å². The Morgan fingerprint density at radius 3 is 2.75 bits per heavy atom. The second-order valence-electron chi connectivity index (χ2n) is 4.67. The lowest BCUT2D eigenvalue weighted by Gasteiger charge is -2.04. The molecule has 0 radical (unpaired) electrons. The van der Waals surface area contributed by atoms with E-state index >= 15 is 0 Å². The number of unbranched alkanes of at least 4 members (excludes halogenated alkanes) is 1. The molecule has 6 heteroatoms. The predicted molar refractivity (Wildman–Crippen MR) is 71.6 cm³/mol. The first kappa shape index (κ1) is 16.3. The van der Waals surface area contributed by atoms with Gasteiger partial charge < -0.3 is 4.74 Å². The standard InChI is InChI=1S/C14H20F2N2O2/c1-4-5-6-11-9-12(18(3)17-11)14(19)20-8-7-10(2)13(15)16/h9H,4-8H2,1-3H3. The van der Waals surface area contributed by atoms with Crippen LogP contribution in [0.25, 0.3) is 0 Å². The predicted octanol–water partition coefficient (Wildman–Crippen LogP) is 3.48. The molecule has 1 rings (SSSR count). The topological polar surface area (TPSA) is 44.1 Å². The Balaban J connectivity index is 2.55. The lowest BCUT2D eigenvalue weighted by atomic mass is 10.2. The molecule has 0 bridgehead atoms. The monoisotopic (exact) mass is 286 g/mol. The second-order valence-corrected chi connectivity index (χ2v) is 4.67. The molecule has 0 spiro atoms. The molecule has 1 heterocycles. The SMILES string of the molecule is CCCCc1cc(C(=O)OCCC(C)=C(F)F)n(C)n1. The van der Waals surface area contributed by atoms with Crippen LogP contribution in [0.1, 0.15) is 49.3 Å². The maximum atomic E-state index is 12.2. The van der Waals surface area contributed by atoms with E-state index in [-0.39, 0.29) is 18.6 Å². The van der Waals surface area contributed by atoms with Crippen LogP contribution >= 0.6 is 0 Å². The molecular formula is C14H20F2N2O2.